The molecule has 17 heavy (non-hydrogen) atoms. The molecule has 5 heteroatoms. The number of aryl methyl sites for hydroxylation is 1. The number of aromatic nitrogens is 2. The van der Waals surface area contributed by atoms with Gasteiger partial charge in [0.1, 0.15) is 4.83 Å². The summed E-state index contributed by atoms with van der Waals surface area (Å²) < 4.78 is 5.24. The van der Waals surface area contributed by atoms with Gasteiger partial charge in [0.25, 0.3) is 5.56 Å². The molecule has 90 valence electrons. The number of aromatic amines is 1. The molecule has 2 rings (SSSR count). The number of ether oxygens (including phenoxy) is 1. The molecular weight excluding hydrogens is 236 g/mol. The first-order chi connectivity index (χ1) is 8.15. The van der Waals surface area contributed by atoms with Crippen molar-refractivity contribution in [3.63, 3.8) is 0 Å². The zero-order chi connectivity index (χ0) is 12.4. The van der Waals surface area contributed by atoms with E-state index in [0.29, 0.717) is 23.6 Å². The van der Waals surface area contributed by atoms with Crippen LogP contribution in [0.1, 0.15) is 24.5 Å². The summed E-state index contributed by atoms with van der Waals surface area (Å²) in [5.41, 5.74) is -0.137. The molecule has 0 aliphatic heterocycles. The van der Waals surface area contributed by atoms with Crippen molar-refractivity contribution in [3.8, 4) is 0 Å². The molecule has 0 spiro atoms. The van der Waals surface area contributed by atoms with E-state index in [9.17, 15) is 4.79 Å². The largest absolute Gasteiger partial charge is 0.491 e. The van der Waals surface area contributed by atoms with Crippen molar-refractivity contribution in [1.29, 1.82) is 0 Å². The number of hydrogen-bond acceptors (Lipinski definition) is 4. The minimum Gasteiger partial charge on any atom is -0.491 e. The summed E-state index contributed by atoms with van der Waals surface area (Å²) in [6, 6.07) is 1.89. The molecule has 0 fully saturated rings. The number of nitrogens with one attached hydrogen (secondary N) is 1. The lowest BCUT2D eigenvalue weighted by Crippen LogP contribution is -2.10. The van der Waals surface area contributed by atoms with E-state index in [4.69, 9.17) is 4.74 Å². The van der Waals surface area contributed by atoms with Crippen molar-refractivity contribution in [2.24, 2.45) is 0 Å². The summed E-state index contributed by atoms with van der Waals surface area (Å²) in [6.07, 6.45) is 0.905. The lowest BCUT2D eigenvalue weighted by atomic mass is 10.3. The maximum absolute atomic E-state index is 11.9. The van der Waals surface area contributed by atoms with Crippen LogP contribution in [0.4, 0.5) is 0 Å². The van der Waals surface area contributed by atoms with Gasteiger partial charge in [-0.25, -0.2) is 4.98 Å². The Morgan fingerprint density at radius 3 is 3.00 bits per heavy atom. The van der Waals surface area contributed by atoms with E-state index in [1.165, 1.54) is 11.3 Å². The van der Waals surface area contributed by atoms with Crippen LogP contribution < -0.4 is 5.56 Å². The first-order valence-electron chi connectivity index (χ1n) is 5.50. The predicted octanol–water partition coefficient (Wildman–Crippen LogP) is 2.55. The van der Waals surface area contributed by atoms with E-state index >= 15 is 0 Å². The second-order valence-corrected chi connectivity index (χ2v) is 4.67. The number of hydrogen-bond donors (Lipinski definition) is 1. The maximum Gasteiger partial charge on any atom is 0.260 e. The van der Waals surface area contributed by atoms with Gasteiger partial charge in [0.05, 0.1) is 12.0 Å². The van der Waals surface area contributed by atoms with E-state index < -0.39 is 0 Å². The van der Waals surface area contributed by atoms with Crippen molar-refractivity contribution in [3.05, 3.63) is 33.7 Å². The highest BCUT2D eigenvalue weighted by molar-refractivity contribution is 7.18. The maximum atomic E-state index is 11.9. The third-order valence-corrected chi connectivity index (χ3v) is 3.56. The molecule has 2 heterocycles. The minimum atomic E-state index is -0.137. The van der Waals surface area contributed by atoms with Crippen molar-refractivity contribution >= 4 is 27.3 Å². The topological polar surface area (TPSA) is 55.0 Å². The predicted molar refractivity (Wildman–Crippen MR) is 70.3 cm³/mol. The molecule has 4 nitrogen and oxygen atoms in total. The summed E-state index contributed by atoms with van der Waals surface area (Å²) in [5, 5.41) is 0.639. The molecule has 0 unspecified atom stereocenters. The van der Waals surface area contributed by atoms with Crippen molar-refractivity contribution in [2.45, 2.75) is 20.3 Å². The highest BCUT2D eigenvalue weighted by Gasteiger charge is 2.10. The molecule has 0 aromatic carbocycles. The smallest absolute Gasteiger partial charge is 0.260 e. The summed E-state index contributed by atoms with van der Waals surface area (Å²) in [7, 11) is 0. The summed E-state index contributed by atoms with van der Waals surface area (Å²) in [4.78, 5) is 20.8. The quantitative estimate of drug-likeness (QED) is 0.848. The summed E-state index contributed by atoms with van der Waals surface area (Å²) in [6.45, 7) is 8.16. The molecule has 0 radical (unpaired) electrons. The van der Waals surface area contributed by atoms with Crippen LogP contribution in [0.25, 0.3) is 16.0 Å². The molecule has 0 amide bonds. The Kier molecular flexibility index (Phi) is 3.28. The molecule has 0 saturated carbocycles. The van der Waals surface area contributed by atoms with Gasteiger partial charge in [0.2, 0.25) is 0 Å². The molecule has 0 atom stereocenters. The fourth-order valence-electron chi connectivity index (χ4n) is 1.53. The van der Waals surface area contributed by atoms with Crippen LogP contribution in [0.3, 0.4) is 0 Å². The van der Waals surface area contributed by atoms with Gasteiger partial charge in [-0.15, -0.1) is 11.3 Å². The Bertz CT molecular complexity index is 612. The fraction of sp³-hybridized carbons (Fsp3) is 0.333. The number of H-pyrrole nitrogens is 1. The number of rotatable bonds is 4. The zero-order valence-corrected chi connectivity index (χ0v) is 10.7. The van der Waals surface area contributed by atoms with Gasteiger partial charge in [-0.3, -0.25) is 4.79 Å². The highest BCUT2D eigenvalue weighted by atomic mass is 32.1. The van der Waals surface area contributed by atoms with Crippen LogP contribution in [-0.4, -0.2) is 16.6 Å². The molecular formula is C12H14N2O2S. The number of fused-ring (bicyclic) bond motifs is 1. The number of nitrogens with zero attached hydrogens (tertiary/aromatic N) is 1. The normalized spacial score (nSPS) is 10.7. The Morgan fingerprint density at radius 1 is 1.59 bits per heavy atom. The van der Waals surface area contributed by atoms with Gasteiger partial charge >= 0.3 is 0 Å². The monoisotopic (exact) mass is 250 g/mol. The van der Waals surface area contributed by atoms with Crippen molar-refractivity contribution in [1.82, 2.24) is 9.97 Å². The Labute approximate surface area is 103 Å². The average Bonchev–Trinajstić information content (AvgIpc) is 2.73. The lowest BCUT2D eigenvalue weighted by molar-refractivity contribution is 0.296. The van der Waals surface area contributed by atoms with E-state index in [1.54, 1.807) is 0 Å². The van der Waals surface area contributed by atoms with E-state index in [1.807, 2.05) is 13.0 Å². The van der Waals surface area contributed by atoms with Gasteiger partial charge in [-0.1, -0.05) is 13.5 Å². The molecule has 2 aromatic heterocycles. The van der Waals surface area contributed by atoms with E-state index in [2.05, 4.69) is 23.5 Å². The van der Waals surface area contributed by atoms with Gasteiger partial charge in [0.15, 0.2) is 11.6 Å². The second kappa shape index (κ2) is 4.71. The molecule has 2 aromatic rings. The molecule has 1 N–H and O–H groups in total. The van der Waals surface area contributed by atoms with Gasteiger partial charge in [-0.2, -0.15) is 0 Å². The molecule has 0 aliphatic carbocycles. The molecule has 0 bridgehead atoms. The van der Waals surface area contributed by atoms with Crippen LogP contribution in [-0.2, 0) is 11.2 Å². The standard InChI is InChI=1S/C12H14N2O2S/c1-4-8-6-9-11(15)13-10(7(3)16-5-2)14-12(9)17-8/h6H,3-5H2,1-2H3,(H,13,14,15). The zero-order valence-electron chi connectivity index (χ0n) is 9.87. The molecule has 0 aliphatic rings. The summed E-state index contributed by atoms with van der Waals surface area (Å²) in [5.74, 6) is 0.812. The highest BCUT2D eigenvalue weighted by Crippen LogP contribution is 2.22. The third-order valence-electron chi connectivity index (χ3n) is 2.38. The van der Waals surface area contributed by atoms with Crippen LogP contribution in [0, 0.1) is 0 Å². The van der Waals surface area contributed by atoms with E-state index in [0.717, 1.165) is 16.1 Å². The second-order valence-electron chi connectivity index (χ2n) is 3.56. The Hall–Kier alpha value is -1.62. The van der Waals surface area contributed by atoms with Crippen LogP contribution in [0.2, 0.25) is 0 Å². The summed E-state index contributed by atoms with van der Waals surface area (Å²) >= 11 is 1.53. The fourth-order valence-corrected chi connectivity index (χ4v) is 2.50. The van der Waals surface area contributed by atoms with Crippen molar-refractivity contribution < 1.29 is 4.74 Å². The van der Waals surface area contributed by atoms with Gasteiger partial charge < -0.3 is 9.72 Å². The van der Waals surface area contributed by atoms with Crippen LogP contribution in [0.5, 0.6) is 0 Å². The first-order valence-corrected chi connectivity index (χ1v) is 6.32. The Morgan fingerprint density at radius 2 is 2.35 bits per heavy atom. The molecule has 0 saturated heterocycles. The minimum absolute atomic E-state index is 0.137. The van der Waals surface area contributed by atoms with Gasteiger partial charge in [0, 0.05) is 4.88 Å². The van der Waals surface area contributed by atoms with Gasteiger partial charge in [-0.05, 0) is 19.4 Å². The Balaban J connectivity index is 2.54. The lowest BCUT2D eigenvalue weighted by Gasteiger charge is -2.04. The first kappa shape index (κ1) is 11.9. The third kappa shape index (κ3) is 2.24. The van der Waals surface area contributed by atoms with Crippen LogP contribution >= 0.6 is 11.3 Å². The SMILES string of the molecule is C=C(OCC)c1nc2sc(CC)cc2c(=O)[nH]1. The average molecular weight is 250 g/mol. The van der Waals surface area contributed by atoms with Crippen molar-refractivity contribution in [2.75, 3.05) is 6.61 Å². The van der Waals surface area contributed by atoms with E-state index in [-0.39, 0.29) is 5.56 Å². The number of thiophene rings is 1. The van der Waals surface area contributed by atoms with Crippen LogP contribution in [0.15, 0.2) is 17.4 Å².